The second-order valence-corrected chi connectivity index (χ2v) is 6.25. The molecule has 1 N–H and O–H groups in total. The molecular weight excluding hydrogens is 222 g/mol. The average Bonchev–Trinajstić information content (AvgIpc) is 2.91. The molecular formula is C15H27N3. The molecule has 1 saturated carbocycles. The molecule has 3 heteroatoms. The highest BCUT2D eigenvalue weighted by molar-refractivity contribution is 5.08. The van der Waals surface area contributed by atoms with E-state index in [0.29, 0.717) is 17.5 Å². The van der Waals surface area contributed by atoms with Crippen LogP contribution < -0.4 is 5.32 Å². The van der Waals surface area contributed by atoms with Crippen molar-refractivity contribution in [1.29, 1.82) is 0 Å². The van der Waals surface area contributed by atoms with Crippen molar-refractivity contribution in [3.63, 3.8) is 0 Å². The lowest BCUT2D eigenvalue weighted by Crippen LogP contribution is -2.38. The third-order valence-corrected chi connectivity index (χ3v) is 4.13. The molecule has 0 aliphatic heterocycles. The molecule has 18 heavy (non-hydrogen) atoms. The third kappa shape index (κ3) is 3.14. The smallest absolute Gasteiger partial charge is 0.0640 e. The van der Waals surface area contributed by atoms with Crippen LogP contribution >= 0.6 is 0 Å². The van der Waals surface area contributed by atoms with Crippen LogP contribution in [0, 0.1) is 5.41 Å². The van der Waals surface area contributed by atoms with Crippen LogP contribution in [0.25, 0.3) is 0 Å². The van der Waals surface area contributed by atoms with Crippen LogP contribution in [0.5, 0.6) is 0 Å². The van der Waals surface area contributed by atoms with Gasteiger partial charge in [0.15, 0.2) is 0 Å². The number of hydrogen-bond acceptors (Lipinski definition) is 2. The van der Waals surface area contributed by atoms with Gasteiger partial charge >= 0.3 is 0 Å². The maximum absolute atomic E-state index is 4.68. The largest absolute Gasteiger partial charge is 0.313 e. The van der Waals surface area contributed by atoms with E-state index in [9.17, 15) is 0 Å². The molecule has 1 atom stereocenters. The van der Waals surface area contributed by atoms with E-state index < -0.39 is 0 Å². The molecule has 3 nitrogen and oxygen atoms in total. The predicted octanol–water partition coefficient (Wildman–Crippen LogP) is 3.17. The molecule has 1 aromatic rings. The summed E-state index contributed by atoms with van der Waals surface area (Å²) in [5.41, 5.74) is 1.74. The first-order chi connectivity index (χ1) is 8.55. The molecule has 1 fully saturated rings. The fourth-order valence-corrected chi connectivity index (χ4v) is 2.41. The zero-order valence-electron chi connectivity index (χ0n) is 12.2. The van der Waals surface area contributed by atoms with E-state index in [1.54, 1.807) is 0 Å². The van der Waals surface area contributed by atoms with Crippen molar-refractivity contribution in [2.75, 3.05) is 6.54 Å². The summed E-state index contributed by atoms with van der Waals surface area (Å²) in [5, 5.41) is 8.39. The summed E-state index contributed by atoms with van der Waals surface area (Å²) in [6, 6.07) is 3.22. The van der Waals surface area contributed by atoms with Crippen LogP contribution in [0.4, 0.5) is 0 Å². The Labute approximate surface area is 111 Å². The highest BCUT2D eigenvalue weighted by Gasteiger charge is 2.44. The van der Waals surface area contributed by atoms with Gasteiger partial charge in [0.1, 0.15) is 0 Å². The van der Waals surface area contributed by atoms with Crippen LogP contribution in [0.1, 0.15) is 58.7 Å². The predicted molar refractivity (Wildman–Crippen MR) is 75.7 cm³/mol. The number of aromatic nitrogens is 2. The molecule has 1 aliphatic carbocycles. The van der Waals surface area contributed by atoms with E-state index in [1.807, 2.05) is 0 Å². The fraction of sp³-hybridized carbons (Fsp3) is 0.800. The average molecular weight is 249 g/mol. The first-order valence-electron chi connectivity index (χ1n) is 7.32. The Balaban J connectivity index is 1.99. The van der Waals surface area contributed by atoms with E-state index >= 15 is 0 Å². The van der Waals surface area contributed by atoms with Gasteiger partial charge in [-0.05, 0) is 51.1 Å². The van der Waals surface area contributed by atoms with Gasteiger partial charge in [-0.2, -0.15) is 5.10 Å². The monoisotopic (exact) mass is 249 g/mol. The van der Waals surface area contributed by atoms with Crippen LogP contribution in [-0.4, -0.2) is 22.4 Å². The van der Waals surface area contributed by atoms with Crippen LogP contribution in [-0.2, 0) is 6.42 Å². The molecule has 2 rings (SSSR count). The number of rotatable bonds is 7. The fourth-order valence-electron chi connectivity index (χ4n) is 2.41. The summed E-state index contributed by atoms with van der Waals surface area (Å²) >= 11 is 0. The SMILES string of the molecule is CCCNC(Cc1ccn(C(C)C)n1)C1(C)CC1. The minimum atomic E-state index is 0.456. The molecule has 0 amide bonds. The van der Waals surface area contributed by atoms with Crippen molar-refractivity contribution in [1.82, 2.24) is 15.1 Å². The van der Waals surface area contributed by atoms with E-state index in [0.717, 1.165) is 13.0 Å². The van der Waals surface area contributed by atoms with Crippen molar-refractivity contribution >= 4 is 0 Å². The van der Waals surface area contributed by atoms with Gasteiger partial charge in [0.25, 0.3) is 0 Å². The first-order valence-corrected chi connectivity index (χ1v) is 7.32. The molecule has 1 aliphatic rings. The number of nitrogens with zero attached hydrogens (tertiary/aromatic N) is 2. The van der Waals surface area contributed by atoms with Gasteiger partial charge < -0.3 is 5.32 Å². The minimum Gasteiger partial charge on any atom is -0.313 e. The van der Waals surface area contributed by atoms with Crippen LogP contribution in [0.15, 0.2) is 12.3 Å². The Kier molecular flexibility index (Phi) is 4.10. The molecule has 0 bridgehead atoms. The topological polar surface area (TPSA) is 29.9 Å². The molecule has 1 unspecified atom stereocenters. The van der Waals surface area contributed by atoms with Crippen molar-refractivity contribution in [3.8, 4) is 0 Å². The third-order valence-electron chi connectivity index (χ3n) is 4.13. The maximum atomic E-state index is 4.68. The van der Waals surface area contributed by atoms with E-state index in [-0.39, 0.29) is 0 Å². The summed E-state index contributed by atoms with van der Waals surface area (Å²) < 4.78 is 2.06. The van der Waals surface area contributed by atoms with Gasteiger partial charge in [0.2, 0.25) is 0 Å². The second kappa shape index (κ2) is 5.43. The van der Waals surface area contributed by atoms with Gasteiger partial charge in [0, 0.05) is 24.7 Å². The zero-order valence-corrected chi connectivity index (χ0v) is 12.2. The van der Waals surface area contributed by atoms with Crippen molar-refractivity contribution < 1.29 is 0 Å². The lowest BCUT2D eigenvalue weighted by atomic mass is 9.94. The van der Waals surface area contributed by atoms with Gasteiger partial charge in [-0.15, -0.1) is 0 Å². The van der Waals surface area contributed by atoms with Gasteiger partial charge in [-0.25, -0.2) is 0 Å². The van der Waals surface area contributed by atoms with Crippen molar-refractivity contribution in [2.45, 2.75) is 65.5 Å². The molecule has 0 aromatic carbocycles. The number of nitrogens with one attached hydrogen (secondary N) is 1. The van der Waals surface area contributed by atoms with Crippen LogP contribution in [0.3, 0.4) is 0 Å². The molecule has 0 radical (unpaired) electrons. The Morgan fingerprint density at radius 2 is 2.17 bits per heavy atom. The Morgan fingerprint density at radius 3 is 2.67 bits per heavy atom. The normalized spacial score (nSPS) is 19.2. The molecule has 1 heterocycles. The highest BCUT2D eigenvalue weighted by Crippen LogP contribution is 2.48. The Morgan fingerprint density at radius 1 is 1.44 bits per heavy atom. The van der Waals surface area contributed by atoms with Gasteiger partial charge in [-0.1, -0.05) is 13.8 Å². The Hall–Kier alpha value is -0.830. The summed E-state index contributed by atoms with van der Waals surface area (Å²) in [7, 11) is 0. The van der Waals surface area contributed by atoms with E-state index in [1.165, 1.54) is 25.0 Å². The van der Waals surface area contributed by atoms with Crippen LogP contribution in [0.2, 0.25) is 0 Å². The standard InChI is InChI=1S/C15H27N3/c1-5-9-16-14(15(4)7-8-15)11-13-6-10-18(17-13)12(2)3/h6,10,12,14,16H,5,7-9,11H2,1-4H3. The minimum absolute atomic E-state index is 0.456. The molecule has 102 valence electrons. The lowest BCUT2D eigenvalue weighted by molar-refractivity contribution is 0.350. The summed E-state index contributed by atoms with van der Waals surface area (Å²) in [4.78, 5) is 0. The van der Waals surface area contributed by atoms with E-state index in [4.69, 9.17) is 0 Å². The maximum Gasteiger partial charge on any atom is 0.0640 e. The second-order valence-electron chi connectivity index (χ2n) is 6.25. The quantitative estimate of drug-likeness (QED) is 0.804. The first kappa shape index (κ1) is 13.6. The van der Waals surface area contributed by atoms with Gasteiger partial charge in [0.05, 0.1) is 5.69 Å². The summed E-state index contributed by atoms with van der Waals surface area (Å²) in [6.07, 6.45) is 7.09. The molecule has 0 saturated heterocycles. The van der Waals surface area contributed by atoms with Crippen molar-refractivity contribution in [2.24, 2.45) is 5.41 Å². The van der Waals surface area contributed by atoms with Gasteiger partial charge in [-0.3, -0.25) is 4.68 Å². The molecule has 0 spiro atoms. The summed E-state index contributed by atoms with van der Waals surface area (Å²) in [5.74, 6) is 0. The van der Waals surface area contributed by atoms with Crippen molar-refractivity contribution in [3.05, 3.63) is 18.0 Å². The lowest BCUT2D eigenvalue weighted by Gasteiger charge is -2.24. The summed E-state index contributed by atoms with van der Waals surface area (Å²) in [6.45, 7) is 10.1. The van der Waals surface area contributed by atoms with E-state index in [2.05, 4.69) is 55.1 Å². The molecule has 1 aromatic heterocycles. The number of hydrogen-bond donors (Lipinski definition) is 1. The highest BCUT2D eigenvalue weighted by atomic mass is 15.3. The Bertz CT molecular complexity index is 377. The zero-order chi connectivity index (χ0) is 13.2.